The minimum absolute atomic E-state index is 0.124. The number of rotatable bonds is 4. The van der Waals surface area contributed by atoms with Gasteiger partial charge >= 0.3 is 5.97 Å². The van der Waals surface area contributed by atoms with Crippen LogP contribution in [0.15, 0.2) is 54.6 Å². The van der Waals surface area contributed by atoms with Crippen LogP contribution in [0.1, 0.15) is 56.0 Å². The van der Waals surface area contributed by atoms with Crippen molar-refractivity contribution in [3.05, 3.63) is 65.7 Å². The van der Waals surface area contributed by atoms with Crippen LogP contribution in [0.2, 0.25) is 0 Å². The van der Waals surface area contributed by atoms with Gasteiger partial charge in [-0.15, -0.1) is 0 Å². The maximum Gasteiger partial charge on any atom is 0.335 e. The second-order valence-corrected chi connectivity index (χ2v) is 7.16. The van der Waals surface area contributed by atoms with Crippen LogP contribution in [0, 0.1) is 11.8 Å². The molecule has 0 spiro atoms. The molecule has 0 radical (unpaired) electrons. The smallest absolute Gasteiger partial charge is 0.335 e. The van der Waals surface area contributed by atoms with Crippen molar-refractivity contribution in [3.63, 3.8) is 0 Å². The highest BCUT2D eigenvalue weighted by Gasteiger charge is 2.42. The maximum absolute atomic E-state index is 11.9. The Kier molecular flexibility index (Phi) is 7.10. The van der Waals surface area contributed by atoms with Crippen molar-refractivity contribution in [2.45, 2.75) is 40.0 Å². The number of imide groups is 1. The molecule has 28 heavy (non-hydrogen) atoms. The summed E-state index contributed by atoms with van der Waals surface area (Å²) in [5.74, 6) is -1.48. The molecule has 1 fully saturated rings. The summed E-state index contributed by atoms with van der Waals surface area (Å²) in [6.45, 7) is 7.92. The molecule has 1 aliphatic rings. The van der Waals surface area contributed by atoms with E-state index in [2.05, 4.69) is 44.2 Å². The van der Waals surface area contributed by atoms with Crippen molar-refractivity contribution >= 4 is 23.5 Å². The number of carbonyl (C=O) groups excluding carboxylic acids is 2. The number of carbonyl (C=O) groups is 3. The molecule has 2 aromatic carbocycles. The fourth-order valence-corrected chi connectivity index (χ4v) is 2.97. The van der Waals surface area contributed by atoms with Crippen LogP contribution in [0.3, 0.4) is 0 Å². The molecule has 2 aromatic rings. The molecule has 148 valence electrons. The molecular formula is C23H27NO4. The molecule has 5 heteroatoms. The zero-order valence-corrected chi connectivity index (χ0v) is 16.8. The SMILES string of the molecule is CC1C(=O)N(c2ccc(C(=O)O)cc2)C(=O)C1C.CCC(C)c1ccccc1. The van der Waals surface area contributed by atoms with Gasteiger partial charge in [-0.05, 0) is 42.2 Å². The lowest BCUT2D eigenvalue weighted by atomic mass is 9.99. The molecular weight excluding hydrogens is 354 g/mol. The standard InChI is InChI=1S/C13H13NO4.C10H14/c1-7-8(2)12(16)14(11(7)15)10-5-3-9(4-6-10)13(17)18;1-3-9(2)10-7-5-4-6-8-10/h3-8H,1-2H3,(H,17,18);4-9H,3H2,1-2H3. The van der Waals surface area contributed by atoms with Crippen molar-refractivity contribution in [3.8, 4) is 0 Å². The first kappa shape index (κ1) is 21.4. The van der Waals surface area contributed by atoms with Crippen LogP contribution in [-0.4, -0.2) is 22.9 Å². The van der Waals surface area contributed by atoms with E-state index in [0.717, 1.165) is 4.90 Å². The molecule has 3 atom stereocenters. The first-order valence-electron chi connectivity index (χ1n) is 9.54. The minimum atomic E-state index is -1.04. The Hall–Kier alpha value is -2.95. The lowest BCUT2D eigenvalue weighted by Gasteiger charge is -2.14. The van der Waals surface area contributed by atoms with E-state index in [1.165, 1.54) is 36.2 Å². The molecule has 1 saturated heterocycles. The van der Waals surface area contributed by atoms with Gasteiger partial charge in [0.25, 0.3) is 0 Å². The molecule has 3 rings (SSSR count). The summed E-state index contributed by atoms with van der Waals surface area (Å²) in [5.41, 5.74) is 2.00. The number of nitrogens with zero attached hydrogens (tertiary/aromatic N) is 1. The molecule has 3 unspecified atom stereocenters. The summed E-state index contributed by atoms with van der Waals surface area (Å²) < 4.78 is 0. The van der Waals surface area contributed by atoms with Gasteiger partial charge in [-0.1, -0.05) is 58.0 Å². The average Bonchev–Trinajstić information content (AvgIpc) is 2.91. The Morgan fingerprint density at radius 2 is 1.46 bits per heavy atom. The van der Waals surface area contributed by atoms with E-state index in [0.29, 0.717) is 11.6 Å². The zero-order valence-electron chi connectivity index (χ0n) is 16.8. The predicted molar refractivity (Wildman–Crippen MR) is 109 cm³/mol. The lowest BCUT2D eigenvalue weighted by Crippen LogP contribution is -2.30. The first-order valence-corrected chi connectivity index (χ1v) is 9.54. The van der Waals surface area contributed by atoms with Crippen molar-refractivity contribution < 1.29 is 19.5 Å². The topological polar surface area (TPSA) is 74.7 Å². The molecule has 0 aromatic heterocycles. The number of amides is 2. The Balaban J connectivity index is 0.000000237. The van der Waals surface area contributed by atoms with E-state index in [4.69, 9.17) is 5.11 Å². The average molecular weight is 381 g/mol. The molecule has 1 aliphatic heterocycles. The fourth-order valence-electron chi connectivity index (χ4n) is 2.97. The summed E-state index contributed by atoms with van der Waals surface area (Å²) in [7, 11) is 0. The van der Waals surface area contributed by atoms with Crippen LogP contribution >= 0.6 is 0 Å². The highest BCUT2D eigenvalue weighted by Crippen LogP contribution is 2.30. The quantitative estimate of drug-likeness (QED) is 0.777. The number of carboxylic acid groups (broad SMARTS) is 1. The van der Waals surface area contributed by atoms with Crippen molar-refractivity contribution in [1.82, 2.24) is 0 Å². The zero-order chi connectivity index (χ0) is 20.8. The van der Waals surface area contributed by atoms with Crippen LogP contribution in [-0.2, 0) is 9.59 Å². The number of aromatic carboxylic acids is 1. The van der Waals surface area contributed by atoms with Crippen molar-refractivity contribution in [2.75, 3.05) is 4.90 Å². The van der Waals surface area contributed by atoms with E-state index in [1.54, 1.807) is 13.8 Å². The van der Waals surface area contributed by atoms with Crippen LogP contribution in [0.25, 0.3) is 0 Å². The molecule has 0 aliphatic carbocycles. The number of anilines is 1. The minimum Gasteiger partial charge on any atom is -0.478 e. The van der Waals surface area contributed by atoms with Crippen LogP contribution in [0.4, 0.5) is 5.69 Å². The second-order valence-electron chi connectivity index (χ2n) is 7.16. The number of hydrogen-bond donors (Lipinski definition) is 1. The summed E-state index contributed by atoms with van der Waals surface area (Å²) in [4.78, 5) is 35.7. The van der Waals surface area contributed by atoms with E-state index < -0.39 is 5.97 Å². The van der Waals surface area contributed by atoms with Gasteiger partial charge in [-0.3, -0.25) is 14.5 Å². The lowest BCUT2D eigenvalue weighted by molar-refractivity contribution is -0.122. The monoisotopic (exact) mass is 381 g/mol. The number of carboxylic acids is 1. The summed E-state index contributed by atoms with van der Waals surface area (Å²) in [6, 6.07) is 16.4. The molecule has 0 bridgehead atoms. The summed E-state index contributed by atoms with van der Waals surface area (Å²) in [6.07, 6.45) is 1.23. The second kappa shape index (κ2) is 9.31. The van der Waals surface area contributed by atoms with E-state index in [1.807, 2.05) is 0 Å². The Morgan fingerprint density at radius 1 is 0.964 bits per heavy atom. The van der Waals surface area contributed by atoms with Gasteiger partial charge < -0.3 is 5.11 Å². The summed E-state index contributed by atoms with van der Waals surface area (Å²) >= 11 is 0. The highest BCUT2D eigenvalue weighted by atomic mass is 16.4. The Morgan fingerprint density at radius 3 is 1.89 bits per heavy atom. The third-order valence-electron chi connectivity index (χ3n) is 5.32. The Labute approximate surface area is 166 Å². The van der Waals surface area contributed by atoms with E-state index in [-0.39, 0.29) is 29.2 Å². The van der Waals surface area contributed by atoms with E-state index in [9.17, 15) is 14.4 Å². The van der Waals surface area contributed by atoms with Gasteiger partial charge in [0.1, 0.15) is 0 Å². The van der Waals surface area contributed by atoms with Gasteiger partial charge in [-0.25, -0.2) is 4.79 Å². The molecule has 1 N–H and O–H groups in total. The Bertz CT molecular complexity index is 809. The normalized spacial score (nSPS) is 19.8. The highest BCUT2D eigenvalue weighted by molar-refractivity contribution is 6.21. The third kappa shape index (κ3) is 4.66. The first-order chi connectivity index (χ1) is 13.3. The number of benzene rings is 2. The number of hydrogen-bond acceptors (Lipinski definition) is 3. The van der Waals surface area contributed by atoms with Gasteiger partial charge in [0, 0.05) is 11.8 Å². The van der Waals surface area contributed by atoms with E-state index >= 15 is 0 Å². The van der Waals surface area contributed by atoms with Gasteiger partial charge in [-0.2, -0.15) is 0 Å². The third-order valence-corrected chi connectivity index (χ3v) is 5.32. The summed E-state index contributed by atoms with van der Waals surface area (Å²) in [5, 5.41) is 8.78. The van der Waals surface area contributed by atoms with Crippen LogP contribution in [0.5, 0.6) is 0 Å². The molecule has 5 nitrogen and oxygen atoms in total. The molecule has 2 amide bonds. The van der Waals surface area contributed by atoms with Crippen LogP contribution < -0.4 is 4.90 Å². The van der Waals surface area contributed by atoms with Crippen molar-refractivity contribution in [2.24, 2.45) is 11.8 Å². The van der Waals surface area contributed by atoms with Crippen molar-refractivity contribution in [1.29, 1.82) is 0 Å². The molecule has 0 saturated carbocycles. The largest absolute Gasteiger partial charge is 0.478 e. The van der Waals surface area contributed by atoms with Gasteiger partial charge in [0.15, 0.2) is 0 Å². The van der Waals surface area contributed by atoms with Gasteiger partial charge in [0.05, 0.1) is 11.3 Å². The maximum atomic E-state index is 11.9. The molecule has 1 heterocycles. The fraction of sp³-hybridized carbons (Fsp3) is 0.348. The predicted octanol–water partition coefficient (Wildman–Crippen LogP) is 4.73. The van der Waals surface area contributed by atoms with Gasteiger partial charge in [0.2, 0.25) is 11.8 Å².